The van der Waals surface area contributed by atoms with E-state index in [0.29, 0.717) is 12.0 Å². The standard InChI is InChI=1S/C19H20N2O4/c22-18(12-14-5-3-8-16(11-14)21(24)25)20-13-19(23)10-4-7-15-6-1-2-9-17(15)19/h1-3,5-6,8-9,11,23H,4,7,10,12-13H2,(H,20,22)/t19-/m1/s1. The molecule has 0 aliphatic heterocycles. The maximum Gasteiger partial charge on any atom is 0.269 e. The Morgan fingerprint density at radius 1 is 1.24 bits per heavy atom. The molecule has 0 aromatic heterocycles. The van der Waals surface area contributed by atoms with Crippen molar-refractivity contribution in [1.82, 2.24) is 5.32 Å². The first kappa shape index (κ1) is 17.1. The summed E-state index contributed by atoms with van der Waals surface area (Å²) in [6.07, 6.45) is 2.44. The third-order valence-corrected chi connectivity index (χ3v) is 4.62. The maximum atomic E-state index is 12.2. The zero-order chi connectivity index (χ0) is 17.9. The molecule has 0 heterocycles. The summed E-state index contributed by atoms with van der Waals surface area (Å²) in [7, 11) is 0. The highest BCUT2D eigenvalue weighted by atomic mass is 16.6. The lowest BCUT2D eigenvalue weighted by Gasteiger charge is -2.34. The molecule has 3 rings (SSSR count). The third kappa shape index (κ3) is 3.85. The second-order valence-corrected chi connectivity index (χ2v) is 6.42. The Morgan fingerprint density at radius 3 is 2.84 bits per heavy atom. The molecular formula is C19H20N2O4. The molecule has 1 amide bonds. The fraction of sp³-hybridized carbons (Fsp3) is 0.316. The number of rotatable bonds is 5. The summed E-state index contributed by atoms with van der Waals surface area (Å²) in [6, 6.07) is 13.8. The van der Waals surface area contributed by atoms with Crippen LogP contribution in [0.2, 0.25) is 0 Å². The molecule has 2 N–H and O–H groups in total. The van der Waals surface area contributed by atoms with Crippen LogP contribution >= 0.6 is 0 Å². The van der Waals surface area contributed by atoms with Crippen LogP contribution < -0.4 is 5.32 Å². The van der Waals surface area contributed by atoms with Crippen LogP contribution in [0.25, 0.3) is 0 Å². The van der Waals surface area contributed by atoms with Gasteiger partial charge in [0.1, 0.15) is 5.60 Å². The zero-order valence-electron chi connectivity index (χ0n) is 13.8. The number of aryl methyl sites for hydroxylation is 1. The minimum Gasteiger partial charge on any atom is -0.383 e. The average Bonchev–Trinajstić information content (AvgIpc) is 2.61. The second kappa shape index (κ2) is 7.03. The molecular weight excluding hydrogens is 320 g/mol. The normalized spacial score (nSPS) is 19.1. The van der Waals surface area contributed by atoms with Crippen LogP contribution in [0.3, 0.4) is 0 Å². The minimum atomic E-state index is -1.06. The fourth-order valence-electron chi connectivity index (χ4n) is 3.35. The Kier molecular flexibility index (Phi) is 4.81. The number of nitro groups is 1. The van der Waals surface area contributed by atoms with Crippen molar-refractivity contribution in [2.75, 3.05) is 6.54 Å². The molecule has 130 valence electrons. The molecule has 6 heteroatoms. The topological polar surface area (TPSA) is 92.5 Å². The third-order valence-electron chi connectivity index (χ3n) is 4.62. The number of aliphatic hydroxyl groups is 1. The monoisotopic (exact) mass is 340 g/mol. The molecule has 2 aromatic carbocycles. The van der Waals surface area contributed by atoms with Crippen molar-refractivity contribution in [3.63, 3.8) is 0 Å². The molecule has 25 heavy (non-hydrogen) atoms. The van der Waals surface area contributed by atoms with Gasteiger partial charge in [-0.15, -0.1) is 0 Å². The van der Waals surface area contributed by atoms with Gasteiger partial charge in [0.2, 0.25) is 5.91 Å². The molecule has 0 spiro atoms. The van der Waals surface area contributed by atoms with E-state index in [4.69, 9.17) is 0 Å². The number of amides is 1. The number of carbonyl (C=O) groups excluding carboxylic acids is 1. The van der Waals surface area contributed by atoms with Crippen molar-refractivity contribution >= 4 is 11.6 Å². The van der Waals surface area contributed by atoms with Gasteiger partial charge in [-0.2, -0.15) is 0 Å². The molecule has 6 nitrogen and oxygen atoms in total. The Hall–Kier alpha value is -2.73. The van der Waals surface area contributed by atoms with E-state index in [2.05, 4.69) is 5.32 Å². The average molecular weight is 340 g/mol. The number of hydrogen-bond acceptors (Lipinski definition) is 4. The molecule has 0 saturated heterocycles. The summed E-state index contributed by atoms with van der Waals surface area (Å²) < 4.78 is 0. The largest absolute Gasteiger partial charge is 0.383 e. The van der Waals surface area contributed by atoms with Crippen molar-refractivity contribution in [1.29, 1.82) is 0 Å². The molecule has 2 aromatic rings. The molecule has 1 atom stereocenters. The first-order valence-electron chi connectivity index (χ1n) is 8.29. The summed E-state index contributed by atoms with van der Waals surface area (Å²) in [5.41, 5.74) is 1.46. The van der Waals surface area contributed by atoms with Crippen molar-refractivity contribution in [3.8, 4) is 0 Å². The van der Waals surface area contributed by atoms with E-state index in [9.17, 15) is 20.0 Å². The highest BCUT2D eigenvalue weighted by molar-refractivity contribution is 5.78. The second-order valence-electron chi connectivity index (χ2n) is 6.42. The van der Waals surface area contributed by atoms with E-state index in [1.54, 1.807) is 12.1 Å². The van der Waals surface area contributed by atoms with Gasteiger partial charge in [0.25, 0.3) is 5.69 Å². The van der Waals surface area contributed by atoms with Gasteiger partial charge >= 0.3 is 0 Å². The SMILES string of the molecule is O=C(Cc1cccc([N+](=O)[O-])c1)NC[C@]1(O)CCCc2ccccc21. The summed E-state index contributed by atoms with van der Waals surface area (Å²) in [6.45, 7) is 0.137. The number of nitrogens with one attached hydrogen (secondary N) is 1. The molecule has 1 aliphatic rings. The number of benzene rings is 2. The van der Waals surface area contributed by atoms with E-state index in [1.165, 1.54) is 12.1 Å². The number of carbonyl (C=O) groups is 1. The van der Waals surface area contributed by atoms with Crippen LogP contribution in [0.15, 0.2) is 48.5 Å². The lowest BCUT2D eigenvalue weighted by atomic mass is 9.79. The molecule has 0 radical (unpaired) electrons. The number of non-ortho nitro benzene ring substituents is 1. The maximum absolute atomic E-state index is 12.2. The lowest BCUT2D eigenvalue weighted by molar-refractivity contribution is -0.384. The van der Waals surface area contributed by atoms with Crippen molar-refractivity contribution < 1.29 is 14.8 Å². The fourth-order valence-corrected chi connectivity index (χ4v) is 3.35. The number of nitrogens with zero attached hydrogens (tertiary/aromatic N) is 1. The van der Waals surface area contributed by atoms with Crippen LogP contribution in [0, 0.1) is 10.1 Å². The predicted molar refractivity (Wildman–Crippen MR) is 93.1 cm³/mol. The summed E-state index contributed by atoms with van der Waals surface area (Å²) in [4.78, 5) is 22.5. The van der Waals surface area contributed by atoms with E-state index >= 15 is 0 Å². The first-order valence-corrected chi connectivity index (χ1v) is 8.29. The van der Waals surface area contributed by atoms with Gasteiger partial charge in [0.05, 0.1) is 17.9 Å². The summed E-state index contributed by atoms with van der Waals surface area (Å²) >= 11 is 0. The van der Waals surface area contributed by atoms with Gasteiger partial charge < -0.3 is 10.4 Å². The smallest absolute Gasteiger partial charge is 0.269 e. The quantitative estimate of drug-likeness (QED) is 0.646. The van der Waals surface area contributed by atoms with Gasteiger partial charge in [-0.1, -0.05) is 36.4 Å². The van der Waals surface area contributed by atoms with Crippen LogP contribution in [0.1, 0.15) is 29.5 Å². The molecule has 0 unspecified atom stereocenters. The van der Waals surface area contributed by atoms with Gasteiger partial charge in [-0.05, 0) is 36.0 Å². The number of hydrogen-bond donors (Lipinski definition) is 2. The molecule has 0 fully saturated rings. The molecule has 0 saturated carbocycles. The lowest BCUT2D eigenvalue weighted by Crippen LogP contribution is -2.43. The number of fused-ring (bicyclic) bond motifs is 1. The van der Waals surface area contributed by atoms with Crippen molar-refractivity contribution in [2.24, 2.45) is 0 Å². The van der Waals surface area contributed by atoms with Gasteiger partial charge in [-0.3, -0.25) is 14.9 Å². The van der Waals surface area contributed by atoms with Gasteiger partial charge in [0.15, 0.2) is 0 Å². The minimum absolute atomic E-state index is 0.0369. The van der Waals surface area contributed by atoms with Gasteiger partial charge in [-0.25, -0.2) is 0 Å². The Balaban J connectivity index is 1.65. The first-order chi connectivity index (χ1) is 12.0. The van der Waals surface area contributed by atoms with E-state index < -0.39 is 10.5 Å². The predicted octanol–water partition coefficient (Wildman–Crippen LogP) is 2.48. The van der Waals surface area contributed by atoms with Crippen LogP contribution in [-0.2, 0) is 23.2 Å². The van der Waals surface area contributed by atoms with Crippen molar-refractivity contribution in [3.05, 3.63) is 75.3 Å². The highest BCUT2D eigenvalue weighted by Crippen LogP contribution is 2.34. The Labute approximate surface area is 145 Å². The van der Waals surface area contributed by atoms with Gasteiger partial charge in [0, 0.05) is 12.1 Å². The zero-order valence-corrected chi connectivity index (χ0v) is 13.8. The van der Waals surface area contributed by atoms with E-state index in [-0.39, 0.29) is 24.6 Å². The van der Waals surface area contributed by atoms with E-state index in [0.717, 1.165) is 24.0 Å². The van der Waals surface area contributed by atoms with E-state index in [1.807, 2.05) is 24.3 Å². The Bertz CT molecular complexity index is 806. The summed E-state index contributed by atoms with van der Waals surface area (Å²) in [5.74, 6) is -0.267. The van der Waals surface area contributed by atoms with Crippen LogP contribution in [-0.4, -0.2) is 22.5 Å². The van der Waals surface area contributed by atoms with Crippen molar-refractivity contribution in [2.45, 2.75) is 31.3 Å². The summed E-state index contributed by atoms with van der Waals surface area (Å²) in [5, 5.41) is 24.5. The highest BCUT2D eigenvalue weighted by Gasteiger charge is 2.34. The van der Waals surface area contributed by atoms with Crippen LogP contribution in [0.4, 0.5) is 5.69 Å². The number of nitro benzene ring substituents is 1. The van der Waals surface area contributed by atoms with Crippen LogP contribution in [0.5, 0.6) is 0 Å². The molecule has 1 aliphatic carbocycles. The Morgan fingerprint density at radius 2 is 2.04 bits per heavy atom. The molecule has 0 bridgehead atoms.